The van der Waals surface area contributed by atoms with Gasteiger partial charge in [-0.1, -0.05) is 0 Å². The number of hydrogen-bond acceptors (Lipinski definition) is 5. The molecule has 0 radical (unpaired) electrons. The van der Waals surface area contributed by atoms with Crippen LogP contribution in [-0.4, -0.2) is 30.1 Å². The monoisotopic (exact) mass is 238 g/mol. The highest BCUT2D eigenvalue weighted by molar-refractivity contribution is 5.97. The van der Waals surface area contributed by atoms with Gasteiger partial charge in [0.15, 0.2) is 12.4 Å². The van der Waals surface area contributed by atoms with E-state index in [1.807, 2.05) is 0 Å². The molecule has 0 atom stereocenters. The van der Waals surface area contributed by atoms with Crippen LogP contribution in [0.3, 0.4) is 0 Å². The molecule has 0 aromatic heterocycles. The number of phenolic OH excluding ortho intramolecular Hbond substituents is 1. The standard InChI is InChI=1S/C12H14O5/c1-3-16-12(15)7-17-11-6-9(14)4-5-10(11)8(2)13/h4-6,14H,3,7H2,1-2H3. The van der Waals surface area contributed by atoms with Crippen LogP contribution in [0.4, 0.5) is 0 Å². The third-order valence-electron chi connectivity index (χ3n) is 2.00. The lowest BCUT2D eigenvalue weighted by Crippen LogP contribution is -2.15. The van der Waals surface area contributed by atoms with E-state index in [0.29, 0.717) is 5.56 Å². The van der Waals surface area contributed by atoms with Crippen molar-refractivity contribution in [2.75, 3.05) is 13.2 Å². The lowest BCUT2D eigenvalue weighted by molar-refractivity contribution is -0.145. The van der Waals surface area contributed by atoms with Gasteiger partial charge in [-0.05, 0) is 26.0 Å². The van der Waals surface area contributed by atoms with Crippen LogP contribution in [0.15, 0.2) is 18.2 Å². The van der Waals surface area contributed by atoms with Crippen LogP contribution >= 0.6 is 0 Å². The number of carbonyl (C=O) groups excluding carboxylic acids is 2. The molecule has 1 aromatic rings. The summed E-state index contributed by atoms with van der Waals surface area (Å²) >= 11 is 0. The molecule has 17 heavy (non-hydrogen) atoms. The van der Waals surface area contributed by atoms with Gasteiger partial charge < -0.3 is 14.6 Å². The number of aromatic hydroxyl groups is 1. The SMILES string of the molecule is CCOC(=O)COc1cc(O)ccc1C(C)=O. The van der Waals surface area contributed by atoms with Gasteiger partial charge in [-0.2, -0.15) is 0 Å². The van der Waals surface area contributed by atoms with Gasteiger partial charge in [0.1, 0.15) is 11.5 Å². The quantitative estimate of drug-likeness (QED) is 0.622. The summed E-state index contributed by atoms with van der Waals surface area (Å²) in [6.45, 7) is 3.04. The summed E-state index contributed by atoms with van der Waals surface area (Å²) in [5, 5.41) is 9.28. The minimum Gasteiger partial charge on any atom is -0.508 e. The molecule has 0 fully saturated rings. The Bertz CT molecular complexity index is 425. The average molecular weight is 238 g/mol. The minimum atomic E-state index is -0.523. The summed E-state index contributed by atoms with van der Waals surface area (Å²) in [5.74, 6) is -0.589. The molecule has 0 aliphatic carbocycles. The van der Waals surface area contributed by atoms with Gasteiger partial charge in [-0.3, -0.25) is 4.79 Å². The van der Waals surface area contributed by atoms with E-state index in [1.54, 1.807) is 6.92 Å². The van der Waals surface area contributed by atoms with Crippen molar-refractivity contribution in [3.8, 4) is 11.5 Å². The largest absolute Gasteiger partial charge is 0.508 e. The maximum atomic E-state index is 11.3. The second-order valence-electron chi connectivity index (χ2n) is 3.33. The number of benzene rings is 1. The van der Waals surface area contributed by atoms with Crippen LogP contribution in [0.5, 0.6) is 11.5 Å². The number of Topliss-reactive ketones (excluding diaryl/α,β-unsaturated/α-hetero) is 1. The van der Waals surface area contributed by atoms with Crippen molar-refractivity contribution < 1.29 is 24.2 Å². The third kappa shape index (κ3) is 3.79. The first kappa shape index (κ1) is 13.0. The molecule has 0 heterocycles. The highest BCUT2D eigenvalue weighted by Gasteiger charge is 2.11. The molecule has 92 valence electrons. The van der Waals surface area contributed by atoms with Crippen LogP contribution in [0.25, 0.3) is 0 Å². The van der Waals surface area contributed by atoms with E-state index in [-0.39, 0.29) is 30.5 Å². The van der Waals surface area contributed by atoms with Gasteiger partial charge in [-0.25, -0.2) is 4.79 Å². The Hall–Kier alpha value is -2.04. The first-order valence-electron chi connectivity index (χ1n) is 5.17. The molecular formula is C12H14O5. The fourth-order valence-corrected chi connectivity index (χ4v) is 1.26. The number of esters is 1. The molecule has 0 saturated heterocycles. The maximum absolute atomic E-state index is 11.3. The van der Waals surface area contributed by atoms with Crippen LogP contribution in [-0.2, 0) is 9.53 Å². The van der Waals surface area contributed by atoms with Crippen LogP contribution in [0.2, 0.25) is 0 Å². The topological polar surface area (TPSA) is 72.8 Å². The van der Waals surface area contributed by atoms with E-state index in [9.17, 15) is 14.7 Å². The number of carbonyl (C=O) groups is 2. The highest BCUT2D eigenvalue weighted by atomic mass is 16.6. The van der Waals surface area contributed by atoms with E-state index < -0.39 is 5.97 Å². The summed E-state index contributed by atoms with van der Waals surface area (Å²) in [6.07, 6.45) is 0. The van der Waals surface area contributed by atoms with Crippen LogP contribution in [0.1, 0.15) is 24.2 Å². The van der Waals surface area contributed by atoms with Crippen molar-refractivity contribution in [2.24, 2.45) is 0 Å². The van der Waals surface area contributed by atoms with E-state index >= 15 is 0 Å². The molecule has 1 aromatic carbocycles. The van der Waals surface area contributed by atoms with Crippen molar-refractivity contribution in [1.29, 1.82) is 0 Å². The first-order valence-corrected chi connectivity index (χ1v) is 5.17. The van der Waals surface area contributed by atoms with Gasteiger partial charge in [0.2, 0.25) is 0 Å². The summed E-state index contributed by atoms with van der Waals surface area (Å²) in [6, 6.07) is 4.11. The molecule has 0 aliphatic rings. The zero-order valence-corrected chi connectivity index (χ0v) is 9.73. The Labute approximate surface area is 99.0 Å². The Balaban J connectivity index is 2.78. The zero-order valence-electron chi connectivity index (χ0n) is 9.73. The maximum Gasteiger partial charge on any atom is 0.344 e. The van der Waals surface area contributed by atoms with E-state index in [4.69, 9.17) is 4.74 Å². The average Bonchev–Trinajstić information content (AvgIpc) is 2.26. The van der Waals surface area contributed by atoms with Gasteiger partial charge >= 0.3 is 5.97 Å². The lowest BCUT2D eigenvalue weighted by Gasteiger charge is -2.09. The summed E-state index contributed by atoms with van der Waals surface area (Å²) in [7, 11) is 0. The predicted octanol–water partition coefficient (Wildman–Crippen LogP) is 1.54. The molecule has 0 unspecified atom stereocenters. The molecule has 0 amide bonds. The smallest absolute Gasteiger partial charge is 0.344 e. The highest BCUT2D eigenvalue weighted by Crippen LogP contribution is 2.24. The number of ether oxygens (including phenoxy) is 2. The Morgan fingerprint density at radius 1 is 1.35 bits per heavy atom. The molecule has 0 aliphatic heterocycles. The summed E-state index contributed by atoms with van der Waals surface area (Å²) in [4.78, 5) is 22.4. The van der Waals surface area contributed by atoms with Gasteiger partial charge in [-0.15, -0.1) is 0 Å². The van der Waals surface area contributed by atoms with Crippen molar-refractivity contribution in [2.45, 2.75) is 13.8 Å². The van der Waals surface area contributed by atoms with Crippen molar-refractivity contribution >= 4 is 11.8 Å². The van der Waals surface area contributed by atoms with Crippen molar-refractivity contribution in [3.63, 3.8) is 0 Å². The predicted molar refractivity (Wildman–Crippen MR) is 60.2 cm³/mol. The fraction of sp³-hybridized carbons (Fsp3) is 0.333. The fourth-order valence-electron chi connectivity index (χ4n) is 1.26. The van der Waals surface area contributed by atoms with Crippen molar-refractivity contribution in [1.82, 2.24) is 0 Å². The van der Waals surface area contributed by atoms with Gasteiger partial charge in [0.25, 0.3) is 0 Å². The second kappa shape index (κ2) is 5.89. The molecule has 1 N–H and O–H groups in total. The molecule has 1 rings (SSSR count). The molecule has 0 spiro atoms. The zero-order chi connectivity index (χ0) is 12.8. The number of rotatable bonds is 5. The number of hydrogen-bond donors (Lipinski definition) is 1. The van der Waals surface area contributed by atoms with Gasteiger partial charge in [0, 0.05) is 6.07 Å². The molecular weight excluding hydrogens is 224 g/mol. The van der Waals surface area contributed by atoms with Crippen LogP contribution in [0, 0.1) is 0 Å². The summed E-state index contributed by atoms with van der Waals surface area (Å²) < 4.78 is 9.82. The number of phenols is 1. The molecule has 5 heteroatoms. The molecule has 0 saturated carbocycles. The minimum absolute atomic E-state index is 0.0335. The second-order valence-corrected chi connectivity index (χ2v) is 3.33. The normalized spacial score (nSPS) is 9.76. The van der Waals surface area contributed by atoms with Gasteiger partial charge in [0.05, 0.1) is 12.2 Å². The lowest BCUT2D eigenvalue weighted by atomic mass is 10.1. The van der Waals surface area contributed by atoms with E-state index in [1.165, 1.54) is 25.1 Å². The van der Waals surface area contributed by atoms with Crippen molar-refractivity contribution in [3.05, 3.63) is 23.8 Å². The Morgan fingerprint density at radius 3 is 2.65 bits per heavy atom. The molecule has 5 nitrogen and oxygen atoms in total. The molecule has 0 bridgehead atoms. The Morgan fingerprint density at radius 2 is 2.06 bits per heavy atom. The Kier molecular flexibility index (Phi) is 4.51. The first-order chi connectivity index (χ1) is 8.04. The number of ketones is 1. The third-order valence-corrected chi connectivity index (χ3v) is 2.00. The summed E-state index contributed by atoms with van der Waals surface area (Å²) in [5.41, 5.74) is 0.312. The van der Waals surface area contributed by atoms with Crippen LogP contribution < -0.4 is 4.74 Å². The van der Waals surface area contributed by atoms with E-state index in [0.717, 1.165) is 0 Å². The van der Waals surface area contributed by atoms with E-state index in [2.05, 4.69) is 4.74 Å².